The number of hydrogen-bond acceptors (Lipinski definition) is 4. The number of hydrogen-bond donors (Lipinski definition) is 1. The molecule has 0 radical (unpaired) electrons. The first-order chi connectivity index (χ1) is 9.08. The number of ether oxygens (including phenoxy) is 1. The van der Waals surface area contributed by atoms with Gasteiger partial charge in [-0.1, -0.05) is 13.0 Å². The van der Waals surface area contributed by atoms with Crippen LogP contribution in [0.5, 0.6) is 0 Å². The van der Waals surface area contributed by atoms with Crippen molar-refractivity contribution >= 4 is 21.4 Å². The first kappa shape index (κ1) is 15.0. The van der Waals surface area contributed by atoms with Crippen molar-refractivity contribution in [2.24, 2.45) is 5.92 Å². The summed E-state index contributed by atoms with van der Waals surface area (Å²) in [5.74, 6) is 0.313. The van der Waals surface area contributed by atoms with Gasteiger partial charge in [-0.05, 0) is 36.6 Å². The van der Waals surface area contributed by atoms with E-state index in [1.807, 2.05) is 11.4 Å². The highest BCUT2D eigenvalue weighted by Crippen LogP contribution is 2.17. The van der Waals surface area contributed by atoms with Gasteiger partial charge >= 0.3 is 0 Å². The van der Waals surface area contributed by atoms with E-state index in [9.17, 15) is 8.42 Å². The standard InChI is InChI=1S/C13H21NO3S2/c1-11(9-12-3-2-8-18-12)10-14-19(15,16)13-4-6-17-7-5-13/h2-3,8,11,13-14H,4-7,9-10H2,1H3. The van der Waals surface area contributed by atoms with E-state index >= 15 is 0 Å². The van der Waals surface area contributed by atoms with Gasteiger partial charge in [-0.3, -0.25) is 0 Å². The quantitative estimate of drug-likeness (QED) is 0.875. The lowest BCUT2D eigenvalue weighted by Gasteiger charge is -2.23. The molecule has 1 fully saturated rings. The van der Waals surface area contributed by atoms with Crippen LogP contribution < -0.4 is 4.72 Å². The maximum Gasteiger partial charge on any atom is 0.214 e. The Balaban J connectivity index is 1.80. The molecule has 4 nitrogen and oxygen atoms in total. The zero-order valence-electron chi connectivity index (χ0n) is 11.2. The van der Waals surface area contributed by atoms with Crippen molar-refractivity contribution in [1.82, 2.24) is 4.72 Å². The zero-order valence-corrected chi connectivity index (χ0v) is 12.8. The predicted molar refractivity (Wildman–Crippen MR) is 78.0 cm³/mol. The summed E-state index contributed by atoms with van der Waals surface area (Å²) in [6.45, 7) is 3.69. The highest BCUT2D eigenvalue weighted by Gasteiger charge is 2.27. The molecule has 1 saturated heterocycles. The second-order valence-corrected chi connectivity index (χ2v) is 8.17. The van der Waals surface area contributed by atoms with E-state index in [-0.39, 0.29) is 5.25 Å². The van der Waals surface area contributed by atoms with E-state index in [0.29, 0.717) is 38.5 Å². The molecule has 1 unspecified atom stereocenters. The SMILES string of the molecule is CC(CNS(=O)(=O)C1CCOCC1)Cc1cccs1. The molecule has 0 aromatic carbocycles. The van der Waals surface area contributed by atoms with E-state index < -0.39 is 10.0 Å². The van der Waals surface area contributed by atoms with Gasteiger partial charge in [0.15, 0.2) is 0 Å². The van der Waals surface area contributed by atoms with Crippen molar-refractivity contribution in [3.05, 3.63) is 22.4 Å². The summed E-state index contributed by atoms with van der Waals surface area (Å²) in [5, 5.41) is 1.77. The maximum atomic E-state index is 12.1. The fraction of sp³-hybridized carbons (Fsp3) is 0.692. The van der Waals surface area contributed by atoms with Gasteiger partial charge in [0.05, 0.1) is 5.25 Å². The minimum atomic E-state index is -3.18. The molecule has 0 amide bonds. The van der Waals surface area contributed by atoms with Crippen LogP contribution in [0.4, 0.5) is 0 Å². The molecule has 108 valence electrons. The molecule has 2 heterocycles. The van der Waals surface area contributed by atoms with Crippen molar-refractivity contribution in [2.75, 3.05) is 19.8 Å². The van der Waals surface area contributed by atoms with Crippen LogP contribution in [0.25, 0.3) is 0 Å². The average molecular weight is 303 g/mol. The van der Waals surface area contributed by atoms with Gasteiger partial charge in [0.1, 0.15) is 0 Å². The molecule has 0 bridgehead atoms. The lowest BCUT2D eigenvalue weighted by atomic mass is 10.1. The van der Waals surface area contributed by atoms with Crippen LogP contribution in [0.1, 0.15) is 24.6 Å². The minimum Gasteiger partial charge on any atom is -0.381 e. The van der Waals surface area contributed by atoms with Crippen LogP contribution in [0.15, 0.2) is 17.5 Å². The van der Waals surface area contributed by atoms with Crippen LogP contribution in [0.2, 0.25) is 0 Å². The summed E-state index contributed by atoms with van der Waals surface area (Å²) in [6.07, 6.45) is 2.14. The fourth-order valence-corrected chi connectivity index (χ4v) is 4.64. The molecule has 1 N–H and O–H groups in total. The van der Waals surface area contributed by atoms with Gasteiger partial charge < -0.3 is 4.74 Å². The van der Waals surface area contributed by atoms with Crippen molar-refractivity contribution in [1.29, 1.82) is 0 Å². The second kappa shape index (κ2) is 6.83. The van der Waals surface area contributed by atoms with E-state index in [0.717, 1.165) is 6.42 Å². The minimum absolute atomic E-state index is 0.282. The fourth-order valence-electron chi connectivity index (χ4n) is 2.21. The Hall–Kier alpha value is -0.430. The summed E-state index contributed by atoms with van der Waals surface area (Å²) in [4.78, 5) is 1.30. The van der Waals surface area contributed by atoms with Gasteiger partial charge in [-0.15, -0.1) is 11.3 Å². The first-order valence-corrected chi connectivity index (χ1v) is 9.09. The molecule has 19 heavy (non-hydrogen) atoms. The van der Waals surface area contributed by atoms with E-state index in [2.05, 4.69) is 17.7 Å². The van der Waals surface area contributed by atoms with Crippen LogP contribution in [0, 0.1) is 5.92 Å². The Bertz CT molecular complexity index is 464. The molecule has 1 aromatic rings. The smallest absolute Gasteiger partial charge is 0.214 e. The molecule has 1 aromatic heterocycles. The molecule has 2 rings (SSSR count). The van der Waals surface area contributed by atoms with Crippen molar-refractivity contribution < 1.29 is 13.2 Å². The van der Waals surface area contributed by atoms with Crippen molar-refractivity contribution in [2.45, 2.75) is 31.4 Å². The van der Waals surface area contributed by atoms with Crippen LogP contribution in [-0.2, 0) is 21.2 Å². The summed E-state index contributed by atoms with van der Waals surface area (Å²) >= 11 is 1.72. The highest BCUT2D eigenvalue weighted by molar-refractivity contribution is 7.90. The van der Waals surface area contributed by atoms with Crippen molar-refractivity contribution in [3.63, 3.8) is 0 Å². The Labute approximate surface area is 119 Å². The van der Waals surface area contributed by atoms with Crippen LogP contribution in [0.3, 0.4) is 0 Å². The largest absolute Gasteiger partial charge is 0.381 e. The Morgan fingerprint density at radius 3 is 2.84 bits per heavy atom. The van der Waals surface area contributed by atoms with Gasteiger partial charge in [0, 0.05) is 24.6 Å². The molecular formula is C13H21NO3S2. The highest BCUT2D eigenvalue weighted by atomic mass is 32.2. The Morgan fingerprint density at radius 1 is 1.47 bits per heavy atom. The van der Waals surface area contributed by atoms with Gasteiger partial charge in [-0.2, -0.15) is 0 Å². The maximum absolute atomic E-state index is 12.1. The second-order valence-electron chi connectivity index (χ2n) is 5.09. The topological polar surface area (TPSA) is 55.4 Å². The summed E-state index contributed by atoms with van der Waals surface area (Å²) in [5.41, 5.74) is 0. The molecule has 6 heteroatoms. The number of rotatable bonds is 6. The molecular weight excluding hydrogens is 282 g/mol. The van der Waals surface area contributed by atoms with Crippen LogP contribution in [-0.4, -0.2) is 33.4 Å². The van der Waals surface area contributed by atoms with Gasteiger partial charge in [0.2, 0.25) is 10.0 Å². The molecule has 1 aliphatic rings. The summed E-state index contributed by atoms with van der Waals surface area (Å²) in [6, 6.07) is 4.12. The van der Waals surface area contributed by atoms with Gasteiger partial charge in [0.25, 0.3) is 0 Å². The molecule has 1 atom stereocenters. The summed E-state index contributed by atoms with van der Waals surface area (Å²) in [7, 11) is -3.18. The first-order valence-electron chi connectivity index (χ1n) is 6.66. The predicted octanol–water partition coefficient (Wildman–Crippen LogP) is 2.03. The molecule has 0 saturated carbocycles. The van der Waals surface area contributed by atoms with Crippen LogP contribution >= 0.6 is 11.3 Å². The lowest BCUT2D eigenvalue weighted by molar-refractivity contribution is 0.0981. The number of thiophene rings is 1. The van der Waals surface area contributed by atoms with Crippen molar-refractivity contribution in [3.8, 4) is 0 Å². The number of nitrogens with one attached hydrogen (secondary N) is 1. The van der Waals surface area contributed by atoms with E-state index in [1.165, 1.54) is 4.88 Å². The van der Waals surface area contributed by atoms with Gasteiger partial charge in [-0.25, -0.2) is 13.1 Å². The Kier molecular flexibility index (Phi) is 5.38. The molecule has 0 aliphatic carbocycles. The Morgan fingerprint density at radius 2 is 2.21 bits per heavy atom. The third kappa shape index (κ3) is 4.56. The third-order valence-electron chi connectivity index (χ3n) is 3.37. The monoisotopic (exact) mass is 303 g/mol. The normalized spacial score (nSPS) is 19.4. The average Bonchev–Trinajstić information content (AvgIpc) is 2.90. The lowest BCUT2D eigenvalue weighted by Crippen LogP contribution is -2.39. The third-order valence-corrected chi connectivity index (χ3v) is 6.19. The molecule has 1 aliphatic heterocycles. The molecule has 0 spiro atoms. The van der Waals surface area contributed by atoms with E-state index in [4.69, 9.17) is 4.74 Å². The van der Waals surface area contributed by atoms with E-state index in [1.54, 1.807) is 11.3 Å². The number of sulfonamides is 1. The zero-order chi connectivity index (χ0) is 13.7. The summed E-state index contributed by atoms with van der Waals surface area (Å²) < 4.78 is 32.2.